The fourth-order valence-corrected chi connectivity index (χ4v) is 5.49. The Morgan fingerprint density at radius 1 is 0.640 bits per heavy atom. The smallest absolute Gasteiger partial charge is 0.211 e. The van der Waals surface area contributed by atoms with Crippen molar-refractivity contribution in [2.75, 3.05) is 0 Å². The molecule has 148 valence electrons. The average Bonchev–Trinajstić information content (AvgIpc) is 2.62. The van der Waals surface area contributed by atoms with E-state index < -0.39 is 6.43 Å². The molecule has 0 N–H and O–H groups in total. The van der Waals surface area contributed by atoms with Gasteiger partial charge in [0.05, 0.1) is 0 Å². The molecule has 0 nitrogen and oxygen atoms in total. The van der Waals surface area contributed by atoms with Gasteiger partial charge in [0.1, 0.15) is 0 Å². The van der Waals surface area contributed by atoms with Crippen LogP contribution in [0.4, 0.5) is 8.78 Å². The summed E-state index contributed by atoms with van der Waals surface area (Å²) >= 11 is 0. The monoisotopic (exact) mass is 356 g/mol. The minimum absolute atomic E-state index is 0.151. The molecule has 0 aromatic rings. The van der Waals surface area contributed by atoms with Crippen molar-refractivity contribution in [3.63, 3.8) is 0 Å². The topological polar surface area (TPSA) is 0 Å². The van der Waals surface area contributed by atoms with E-state index in [2.05, 4.69) is 6.92 Å². The lowest BCUT2D eigenvalue weighted by Gasteiger charge is -2.38. The predicted molar refractivity (Wildman–Crippen MR) is 104 cm³/mol. The van der Waals surface area contributed by atoms with Crippen LogP contribution < -0.4 is 0 Å². The molecule has 2 aliphatic carbocycles. The van der Waals surface area contributed by atoms with Gasteiger partial charge < -0.3 is 0 Å². The van der Waals surface area contributed by atoms with Crippen LogP contribution in [0.25, 0.3) is 0 Å². The Balaban J connectivity index is 1.50. The van der Waals surface area contributed by atoms with E-state index in [0.29, 0.717) is 5.92 Å². The first kappa shape index (κ1) is 21.2. The third kappa shape index (κ3) is 8.39. The van der Waals surface area contributed by atoms with E-state index >= 15 is 0 Å². The number of alkyl halides is 2. The highest BCUT2D eigenvalue weighted by atomic mass is 19.3. The first-order valence-corrected chi connectivity index (χ1v) is 11.5. The number of rotatable bonds is 11. The van der Waals surface area contributed by atoms with Crippen LogP contribution >= 0.6 is 0 Å². The van der Waals surface area contributed by atoms with E-state index in [4.69, 9.17) is 0 Å². The molecule has 0 saturated heterocycles. The lowest BCUT2D eigenvalue weighted by Crippen LogP contribution is -2.26. The van der Waals surface area contributed by atoms with Crippen molar-refractivity contribution in [1.29, 1.82) is 0 Å². The van der Waals surface area contributed by atoms with Gasteiger partial charge in [-0.25, -0.2) is 8.78 Å². The summed E-state index contributed by atoms with van der Waals surface area (Å²) in [7, 11) is 0. The van der Waals surface area contributed by atoms with E-state index in [9.17, 15) is 8.78 Å². The second-order valence-corrected chi connectivity index (χ2v) is 9.10. The predicted octanol–water partition coefficient (Wildman–Crippen LogP) is 8.40. The Labute approximate surface area is 155 Å². The zero-order valence-corrected chi connectivity index (χ0v) is 16.7. The summed E-state index contributed by atoms with van der Waals surface area (Å²) in [6.45, 7) is 2.28. The van der Waals surface area contributed by atoms with Gasteiger partial charge in [0, 0.05) is 6.42 Å². The summed E-state index contributed by atoms with van der Waals surface area (Å²) in [6.07, 6.45) is 19.8. The molecule has 0 aromatic heterocycles. The minimum atomic E-state index is -2.09. The van der Waals surface area contributed by atoms with Crippen molar-refractivity contribution in [3.8, 4) is 0 Å². The summed E-state index contributed by atoms with van der Waals surface area (Å²) in [5.41, 5.74) is 0. The first-order chi connectivity index (χ1) is 12.2. The normalized spacial score (nSPS) is 30.7. The standard InChI is InChI=1S/C23H42F2/c1-2-3-4-5-6-7-8-9-19-10-14-21(15-11-19)22-16-12-20(13-17-22)18-23(24)25/h19-23H,2-18H2,1H3/t19-,20-,21-,22-. The number of unbranched alkanes of at least 4 members (excludes halogenated alkanes) is 6. The van der Waals surface area contributed by atoms with Crippen LogP contribution in [-0.2, 0) is 0 Å². The van der Waals surface area contributed by atoms with Crippen LogP contribution in [0.2, 0.25) is 0 Å². The van der Waals surface area contributed by atoms with Gasteiger partial charge in [-0.3, -0.25) is 0 Å². The molecular weight excluding hydrogens is 314 g/mol. The van der Waals surface area contributed by atoms with Gasteiger partial charge in [-0.1, -0.05) is 71.1 Å². The number of hydrogen-bond acceptors (Lipinski definition) is 0. The van der Waals surface area contributed by atoms with E-state index in [-0.39, 0.29) is 6.42 Å². The Morgan fingerprint density at radius 3 is 1.64 bits per heavy atom. The minimum Gasteiger partial charge on any atom is -0.211 e. The van der Waals surface area contributed by atoms with Crippen molar-refractivity contribution in [1.82, 2.24) is 0 Å². The quantitative estimate of drug-likeness (QED) is 0.326. The fraction of sp³-hybridized carbons (Fsp3) is 1.00. The lowest BCUT2D eigenvalue weighted by atomic mass is 9.68. The molecule has 2 saturated carbocycles. The molecular formula is C23H42F2. The highest BCUT2D eigenvalue weighted by molar-refractivity contribution is 4.82. The van der Waals surface area contributed by atoms with Gasteiger partial charge in [-0.15, -0.1) is 0 Å². The molecule has 0 bridgehead atoms. The second kappa shape index (κ2) is 12.3. The van der Waals surface area contributed by atoms with Crippen LogP contribution in [-0.4, -0.2) is 6.43 Å². The van der Waals surface area contributed by atoms with Crippen molar-refractivity contribution in [2.45, 2.75) is 123 Å². The number of hydrogen-bond donors (Lipinski definition) is 0. The maximum absolute atomic E-state index is 12.5. The third-order valence-electron chi connectivity index (χ3n) is 7.18. The molecule has 0 atom stereocenters. The Kier molecular flexibility index (Phi) is 10.4. The molecule has 2 aliphatic rings. The van der Waals surface area contributed by atoms with E-state index in [1.807, 2.05) is 0 Å². The molecule has 0 spiro atoms. The maximum atomic E-state index is 12.5. The van der Waals surface area contributed by atoms with Gasteiger partial charge >= 0.3 is 0 Å². The lowest BCUT2D eigenvalue weighted by molar-refractivity contribution is 0.0832. The molecule has 2 heteroatoms. The number of halogens is 2. The Hall–Kier alpha value is -0.140. The summed E-state index contributed by atoms with van der Waals surface area (Å²) < 4.78 is 25.0. The molecule has 2 fully saturated rings. The molecule has 25 heavy (non-hydrogen) atoms. The van der Waals surface area contributed by atoms with Crippen LogP contribution in [0, 0.1) is 23.7 Å². The molecule has 0 unspecified atom stereocenters. The highest BCUT2D eigenvalue weighted by Crippen LogP contribution is 2.43. The molecule has 0 heterocycles. The highest BCUT2D eigenvalue weighted by Gasteiger charge is 2.31. The summed E-state index contributed by atoms with van der Waals surface area (Å²) in [5, 5.41) is 0. The van der Waals surface area contributed by atoms with Crippen molar-refractivity contribution in [2.24, 2.45) is 23.7 Å². The Morgan fingerprint density at radius 2 is 1.12 bits per heavy atom. The van der Waals surface area contributed by atoms with Crippen LogP contribution in [0.3, 0.4) is 0 Å². The van der Waals surface area contributed by atoms with Gasteiger partial charge in [0.2, 0.25) is 6.43 Å². The van der Waals surface area contributed by atoms with Gasteiger partial charge in [-0.05, 0) is 62.2 Å². The zero-order chi connectivity index (χ0) is 17.9. The summed E-state index contributed by atoms with van der Waals surface area (Å²) in [5.74, 6) is 3.07. The van der Waals surface area contributed by atoms with Crippen LogP contribution in [0.15, 0.2) is 0 Å². The van der Waals surface area contributed by atoms with Crippen molar-refractivity contribution in [3.05, 3.63) is 0 Å². The maximum Gasteiger partial charge on any atom is 0.238 e. The fourth-order valence-electron chi connectivity index (χ4n) is 5.49. The SMILES string of the molecule is CCCCCCCCC[C@H]1CC[C@H]([C@H]2CC[C@H](CC(F)F)CC2)CC1. The average molecular weight is 357 g/mol. The molecule has 0 aromatic carbocycles. The van der Waals surface area contributed by atoms with Gasteiger partial charge in [0.25, 0.3) is 0 Å². The van der Waals surface area contributed by atoms with Crippen LogP contribution in [0.1, 0.15) is 116 Å². The summed E-state index contributed by atoms with van der Waals surface area (Å²) in [4.78, 5) is 0. The largest absolute Gasteiger partial charge is 0.238 e. The van der Waals surface area contributed by atoms with E-state index in [0.717, 1.165) is 30.6 Å². The summed E-state index contributed by atoms with van der Waals surface area (Å²) in [6, 6.07) is 0. The van der Waals surface area contributed by atoms with Crippen molar-refractivity contribution >= 4 is 0 Å². The first-order valence-electron chi connectivity index (χ1n) is 11.5. The zero-order valence-electron chi connectivity index (χ0n) is 16.7. The van der Waals surface area contributed by atoms with E-state index in [1.165, 1.54) is 89.9 Å². The van der Waals surface area contributed by atoms with Gasteiger partial charge in [-0.2, -0.15) is 0 Å². The Bertz CT molecular complexity index is 312. The van der Waals surface area contributed by atoms with E-state index in [1.54, 1.807) is 0 Å². The van der Waals surface area contributed by atoms with Gasteiger partial charge in [0.15, 0.2) is 0 Å². The third-order valence-corrected chi connectivity index (χ3v) is 7.18. The van der Waals surface area contributed by atoms with Crippen molar-refractivity contribution < 1.29 is 8.78 Å². The molecule has 0 amide bonds. The molecule has 0 radical (unpaired) electrons. The molecule has 2 rings (SSSR count). The second-order valence-electron chi connectivity index (χ2n) is 9.10. The molecule has 0 aliphatic heterocycles. The van der Waals surface area contributed by atoms with Crippen LogP contribution in [0.5, 0.6) is 0 Å².